The van der Waals surface area contributed by atoms with Crippen LogP contribution in [0, 0.1) is 22.0 Å². The predicted octanol–water partition coefficient (Wildman–Crippen LogP) is 5.30. The molecule has 0 atom stereocenters. The van der Waals surface area contributed by atoms with Crippen LogP contribution in [0.25, 0.3) is 10.1 Å². The molecule has 2 aliphatic carbocycles. The van der Waals surface area contributed by atoms with Gasteiger partial charge in [0.1, 0.15) is 4.70 Å². The number of hydrogen-bond acceptors (Lipinski definition) is 8. The third kappa shape index (κ3) is 5.91. The van der Waals surface area contributed by atoms with Crippen LogP contribution in [-0.2, 0) is 6.18 Å². The minimum atomic E-state index is -4.80. The van der Waals surface area contributed by atoms with E-state index >= 15 is 0 Å². The van der Waals surface area contributed by atoms with Gasteiger partial charge in [-0.25, -0.2) is 10.0 Å². The molecular formula is C25H32F3N5O3S. The van der Waals surface area contributed by atoms with Gasteiger partial charge < -0.3 is 4.90 Å². The van der Waals surface area contributed by atoms with E-state index in [1.807, 2.05) is 4.90 Å². The second-order valence-corrected chi connectivity index (χ2v) is 11.5. The molecule has 0 unspecified atom stereocenters. The molecule has 12 heteroatoms. The van der Waals surface area contributed by atoms with Gasteiger partial charge in [-0.1, -0.05) is 37.0 Å². The minimum Gasteiger partial charge on any atom is -0.345 e. The number of benzene rings is 1. The Morgan fingerprint density at radius 3 is 2.08 bits per heavy atom. The molecule has 0 bridgehead atoms. The van der Waals surface area contributed by atoms with Crippen molar-refractivity contribution in [3.05, 3.63) is 38.2 Å². The van der Waals surface area contributed by atoms with Gasteiger partial charge in [-0.2, -0.15) is 18.2 Å². The summed E-state index contributed by atoms with van der Waals surface area (Å²) in [6, 6.07) is 1.17. The molecule has 0 spiro atoms. The molecule has 1 saturated heterocycles. The Kier molecular flexibility index (Phi) is 7.69. The Morgan fingerprint density at radius 2 is 1.57 bits per heavy atom. The maximum absolute atomic E-state index is 13.3. The summed E-state index contributed by atoms with van der Waals surface area (Å²) in [6.07, 6.45) is 5.55. The highest BCUT2D eigenvalue weighted by atomic mass is 32.1. The monoisotopic (exact) mass is 539 g/mol. The first-order valence-electron chi connectivity index (χ1n) is 13.1. The Bertz CT molecular complexity index is 1170. The second kappa shape index (κ2) is 10.8. The van der Waals surface area contributed by atoms with Crippen molar-refractivity contribution in [3.8, 4) is 0 Å². The van der Waals surface area contributed by atoms with E-state index in [9.17, 15) is 28.1 Å². The van der Waals surface area contributed by atoms with Crippen molar-refractivity contribution in [2.45, 2.75) is 57.5 Å². The first-order valence-corrected chi connectivity index (χ1v) is 14.0. The number of fused-ring (bicyclic) bond motifs is 1. The lowest BCUT2D eigenvalue weighted by atomic mass is 10.1. The molecule has 0 radical (unpaired) electrons. The van der Waals surface area contributed by atoms with Gasteiger partial charge in [-0.3, -0.25) is 14.9 Å². The number of hydrogen-bond donors (Lipinski definition) is 0. The molecule has 0 amide bonds. The van der Waals surface area contributed by atoms with E-state index < -0.39 is 27.9 Å². The number of nitrogens with zero attached hydrogens (tertiary/aromatic N) is 5. The predicted molar refractivity (Wildman–Crippen MR) is 137 cm³/mol. The molecule has 3 aliphatic rings. The summed E-state index contributed by atoms with van der Waals surface area (Å²) in [6.45, 7) is 4.82. The van der Waals surface area contributed by atoms with Crippen molar-refractivity contribution in [2.75, 3.05) is 44.2 Å². The number of rotatable bonds is 7. The molecule has 2 heterocycles. The van der Waals surface area contributed by atoms with E-state index in [1.165, 1.54) is 51.4 Å². The van der Waals surface area contributed by atoms with Crippen molar-refractivity contribution >= 4 is 32.2 Å². The molecule has 0 N–H and O–H groups in total. The highest BCUT2D eigenvalue weighted by Gasteiger charge is 2.35. The summed E-state index contributed by atoms with van der Waals surface area (Å²) in [5, 5.41) is 16.5. The van der Waals surface area contributed by atoms with E-state index in [4.69, 9.17) is 0 Å². The molecule has 202 valence electrons. The lowest BCUT2D eigenvalue weighted by molar-refractivity contribution is -0.383. The molecule has 3 fully saturated rings. The van der Waals surface area contributed by atoms with Crippen LogP contribution in [-0.4, -0.2) is 59.2 Å². The van der Waals surface area contributed by atoms with Gasteiger partial charge in [-0.05, 0) is 43.6 Å². The normalized spacial score (nSPS) is 20.5. The fourth-order valence-electron chi connectivity index (χ4n) is 6.03. The van der Waals surface area contributed by atoms with Crippen molar-refractivity contribution in [2.24, 2.45) is 11.8 Å². The molecule has 2 aromatic rings. The van der Waals surface area contributed by atoms with Crippen molar-refractivity contribution in [1.82, 2.24) is 15.0 Å². The zero-order valence-electron chi connectivity index (χ0n) is 20.7. The number of nitro benzene ring substituents is 1. The average molecular weight is 540 g/mol. The van der Waals surface area contributed by atoms with E-state index in [0.29, 0.717) is 30.4 Å². The van der Waals surface area contributed by atoms with E-state index in [0.717, 1.165) is 49.4 Å². The number of halogens is 3. The van der Waals surface area contributed by atoms with E-state index in [2.05, 4.69) is 15.0 Å². The molecular weight excluding hydrogens is 507 g/mol. The highest BCUT2D eigenvalue weighted by Crippen LogP contribution is 2.38. The number of alkyl halides is 3. The molecule has 1 aliphatic heterocycles. The number of hydrazine groups is 1. The van der Waals surface area contributed by atoms with Gasteiger partial charge in [0.15, 0.2) is 5.13 Å². The van der Waals surface area contributed by atoms with Gasteiger partial charge in [-0.15, -0.1) is 0 Å². The molecule has 1 aromatic heterocycles. The Labute approximate surface area is 217 Å². The van der Waals surface area contributed by atoms with Crippen LogP contribution in [0.4, 0.5) is 24.0 Å². The van der Waals surface area contributed by atoms with Crippen LogP contribution < -0.4 is 10.5 Å². The summed E-state index contributed by atoms with van der Waals surface area (Å²) < 4.78 is 39.7. The SMILES string of the molecule is O=c1nc(N2CCN(N(CC3CCCC3)CC3CCCC3)CC2)sc2c([N+](=O)[O-])cc(C(F)(F)F)cc12. The van der Waals surface area contributed by atoms with E-state index in [-0.39, 0.29) is 10.1 Å². The zero-order valence-corrected chi connectivity index (χ0v) is 21.5. The summed E-state index contributed by atoms with van der Waals surface area (Å²) in [4.78, 5) is 29.4. The minimum absolute atomic E-state index is 0.0699. The van der Waals surface area contributed by atoms with Gasteiger partial charge in [0.2, 0.25) is 0 Å². The van der Waals surface area contributed by atoms with Gasteiger partial charge >= 0.3 is 6.18 Å². The number of non-ortho nitro benzene ring substituents is 1. The Balaban J connectivity index is 1.35. The summed E-state index contributed by atoms with van der Waals surface area (Å²) >= 11 is 0.917. The van der Waals surface area contributed by atoms with Crippen molar-refractivity contribution in [3.63, 3.8) is 0 Å². The Hall–Kier alpha value is -2.31. The van der Waals surface area contributed by atoms with Crippen LogP contribution in [0.2, 0.25) is 0 Å². The van der Waals surface area contributed by atoms with E-state index in [1.54, 1.807) is 0 Å². The Morgan fingerprint density at radius 1 is 1.00 bits per heavy atom. The first kappa shape index (κ1) is 26.3. The molecule has 8 nitrogen and oxygen atoms in total. The zero-order chi connectivity index (χ0) is 26.2. The van der Waals surface area contributed by atoms with Crippen LogP contribution in [0.15, 0.2) is 16.9 Å². The average Bonchev–Trinajstić information content (AvgIpc) is 3.57. The third-order valence-corrected chi connectivity index (χ3v) is 9.19. The number of piperazine rings is 1. The van der Waals surface area contributed by atoms with Gasteiger partial charge in [0.25, 0.3) is 11.2 Å². The first-order chi connectivity index (χ1) is 17.7. The standard InChI is InChI=1S/C25H32F3N5O3S/c26-25(27,28)19-13-20-22(21(14-19)33(35)36)37-24(29-23(20)34)30-9-11-31(12-10-30)32(15-17-5-1-2-6-17)16-18-7-3-4-8-18/h13-14,17-18H,1-12,15-16H2. The topological polar surface area (TPSA) is 82.8 Å². The lowest BCUT2D eigenvalue weighted by Crippen LogP contribution is -2.55. The molecule has 37 heavy (non-hydrogen) atoms. The molecule has 2 saturated carbocycles. The fourth-order valence-corrected chi connectivity index (χ4v) is 7.15. The summed E-state index contributed by atoms with van der Waals surface area (Å²) in [7, 11) is 0. The molecule has 1 aromatic carbocycles. The summed E-state index contributed by atoms with van der Waals surface area (Å²) in [5.41, 5.74) is -2.80. The maximum Gasteiger partial charge on any atom is 0.416 e. The van der Waals surface area contributed by atoms with Crippen molar-refractivity contribution < 1.29 is 18.1 Å². The van der Waals surface area contributed by atoms with Gasteiger partial charge in [0, 0.05) is 45.3 Å². The smallest absolute Gasteiger partial charge is 0.345 e. The molecule has 5 rings (SSSR count). The van der Waals surface area contributed by atoms with Gasteiger partial charge in [0.05, 0.1) is 15.9 Å². The third-order valence-electron chi connectivity index (χ3n) is 8.03. The van der Waals surface area contributed by atoms with Crippen LogP contribution in [0.1, 0.15) is 56.9 Å². The fraction of sp³-hybridized carbons (Fsp3) is 0.680. The van der Waals surface area contributed by atoms with Crippen LogP contribution >= 0.6 is 11.3 Å². The number of nitro groups is 1. The number of aromatic nitrogens is 1. The van der Waals surface area contributed by atoms with Crippen LogP contribution in [0.5, 0.6) is 0 Å². The quantitative estimate of drug-likeness (QED) is 0.349. The lowest BCUT2D eigenvalue weighted by Gasteiger charge is -2.43. The van der Waals surface area contributed by atoms with Crippen molar-refractivity contribution in [1.29, 1.82) is 0 Å². The largest absolute Gasteiger partial charge is 0.416 e. The number of anilines is 1. The highest BCUT2D eigenvalue weighted by molar-refractivity contribution is 7.22. The summed E-state index contributed by atoms with van der Waals surface area (Å²) in [5.74, 6) is 1.46. The van der Waals surface area contributed by atoms with Crippen LogP contribution in [0.3, 0.4) is 0 Å². The maximum atomic E-state index is 13.3. The second-order valence-electron chi connectivity index (χ2n) is 10.5.